The van der Waals surface area contributed by atoms with Crippen LogP contribution in [0.4, 0.5) is 0 Å². The molecule has 2 rings (SSSR count). The Kier molecular flexibility index (Phi) is 3.25. The van der Waals surface area contributed by atoms with Crippen LogP contribution in [0.5, 0.6) is 0 Å². The lowest BCUT2D eigenvalue weighted by molar-refractivity contribution is 0.590. The van der Waals surface area contributed by atoms with Crippen molar-refractivity contribution in [2.45, 2.75) is 47.2 Å². The molecule has 0 spiro atoms. The number of aromatic nitrogens is 1. The van der Waals surface area contributed by atoms with Crippen LogP contribution in [0.1, 0.15) is 36.2 Å². The lowest BCUT2D eigenvalue weighted by Gasteiger charge is -2.10. The zero-order chi connectivity index (χ0) is 12.6. The summed E-state index contributed by atoms with van der Waals surface area (Å²) in [5.74, 6) is 0. The molecule has 0 bridgehead atoms. The molecule has 0 saturated carbocycles. The number of aromatic amines is 1. The number of fused-ring (bicyclic) bond motifs is 1. The maximum Gasteiger partial charge on any atom is 0.0504 e. The van der Waals surface area contributed by atoms with E-state index in [4.69, 9.17) is 0 Å². The van der Waals surface area contributed by atoms with Crippen molar-refractivity contribution in [3.05, 3.63) is 34.5 Å². The Balaban J connectivity index is 2.50. The highest BCUT2D eigenvalue weighted by Crippen LogP contribution is 2.25. The van der Waals surface area contributed by atoms with Crippen LogP contribution in [-0.2, 0) is 6.54 Å². The summed E-state index contributed by atoms with van der Waals surface area (Å²) in [6, 6.07) is 5.06. The van der Waals surface area contributed by atoms with Crippen LogP contribution in [0, 0.1) is 20.8 Å². The van der Waals surface area contributed by atoms with Crippen molar-refractivity contribution in [3.63, 3.8) is 0 Å². The average molecular weight is 230 g/mol. The van der Waals surface area contributed by atoms with Crippen molar-refractivity contribution in [1.29, 1.82) is 0 Å². The molecule has 0 saturated heterocycles. The number of rotatable bonds is 3. The van der Waals surface area contributed by atoms with E-state index in [-0.39, 0.29) is 0 Å². The van der Waals surface area contributed by atoms with Crippen LogP contribution < -0.4 is 5.32 Å². The highest BCUT2D eigenvalue weighted by atomic mass is 14.9. The Bertz CT molecular complexity index is 535. The van der Waals surface area contributed by atoms with Gasteiger partial charge in [-0.1, -0.05) is 25.5 Å². The van der Waals surface area contributed by atoms with Crippen LogP contribution >= 0.6 is 0 Å². The van der Waals surface area contributed by atoms with Crippen LogP contribution in [0.15, 0.2) is 12.1 Å². The number of nitrogens with one attached hydrogen (secondary N) is 2. The second-order valence-corrected chi connectivity index (χ2v) is 5.26. The van der Waals surface area contributed by atoms with Crippen LogP contribution in [0.2, 0.25) is 0 Å². The van der Waals surface area contributed by atoms with Crippen LogP contribution in [0.3, 0.4) is 0 Å². The van der Waals surface area contributed by atoms with Crippen molar-refractivity contribution < 1.29 is 0 Å². The summed E-state index contributed by atoms with van der Waals surface area (Å²) < 4.78 is 0. The van der Waals surface area contributed by atoms with Crippen molar-refractivity contribution >= 4 is 10.9 Å². The molecule has 0 fully saturated rings. The first kappa shape index (κ1) is 12.2. The minimum atomic E-state index is 0.516. The van der Waals surface area contributed by atoms with Crippen molar-refractivity contribution in [1.82, 2.24) is 10.3 Å². The maximum absolute atomic E-state index is 3.51. The van der Waals surface area contributed by atoms with E-state index in [1.54, 1.807) is 0 Å². The number of hydrogen-bond acceptors (Lipinski definition) is 1. The molecule has 0 radical (unpaired) electrons. The third kappa shape index (κ3) is 2.37. The van der Waals surface area contributed by atoms with E-state index >= 15 is 0 Å². The van der Waals surface area contributed by atoms with E-state index in [0.29, 0.717) is 6.04 Å². The van der Waals surface area contributed by atoms with Gasteiger partial charge in [-0.25, -0.2) is 0 Å². The van der Waals surface area contributed by atoms with Crippen molar-refractivity contribution in [2.24, 2.45) is 0 Å². The Morgan fingerprint density at radius 1 is 1.18 bits per heavy atom. The molecule has 2 aromatic rings. The lowest BCUT2D eigenvalue weighted by atomic mass is 10.0. The minimum absolute atomic E-state index is 0.516. The fourth-order valence-electron chi connectivity index (χ4n) is 2.24. The Hall–Kier alpha value is -1.28. The summed E-state index contributed by atoms with van der Waals surface area (Å²) in [6.07, 6.45) is 0. The Labute approximate surface area is 103 Å². The van der Waals surface area contributed by atoms with Gasteiger partial charge in [0.15, 0.2) is 0 Å². The van der Waals surface area contributed by atoms with Gasteiger partial charge in [0.1, 0.15) is 0 Å². The quantitative estimate of drug-likeness (QED) is 0.828. The fourth-order valence-corrected chi connectivity index (χ4v) is 2.24. The predicted molar refractivity (Wildman–Crippen MR) is 74.5 cm³/mol. The van der Waals surface area contributed by atoms with Crippen LogP contribution in [-0.4, -0.2) is 11.0 Å². The number of hydrogen-bond donors (Lipinski definition) is 2. The smallest absolute Gasteiger partial charge is 0.0504 e. The Morgan fingerprint density at radius 3 is 2.53 bits per heavy atom. The number of H-pyrrole nitrogens is 1. The van der Waals surface area contributed by atoms with E-state index in [1.165, 1.54) is 33.3 Å². The standard InChI is InChI=1S/C15H22N2/c1-9(2)16-8-13-6-10(3)7-14-11(4)12(5)17-15(13)14/h6-7,9,16-17H,8H2,1-5H3. The molecule has 2 N–H and O–H groups in total. The molecule has 1 heterocycles. The van der Waals surface area contributed by atoms with Gasteiger partial charge in [-0.2, -0.15) is 0 Å². The van der Waals surface area contributed by atoms with Crippen molar-refractivity contribution in [3.8, 4) is 0 Å². The Morgan fingerprint density at radius 2 is 1.88 bits per heavy atom. The molecule has 0 unspecified atom stereocenters. The first-order valence-electron chi connectivity index (χ1n) is 6.31. The predicted octanol–water partition coefficient (Wildman–Crippen LogP) is 3.59. The largest absolute Gasteiger partial charge is 0.358 e. The second kappa shape index (κ2) is 4.53. The summed E-state index contributed by atoms with van der Waals surface area (Å²) in [5, 5.41) is 4.85. The molecule has 1 aromatic heterocycles. The van der Waals surface area contributed by atoms with E-state index in [0.717, 1.165) is 6.54 Å². The van der Waals surface area contributed by atoms with Gasteiger partial charge < -0.3 is 10.3 Å². The maximum atomic E-state index is 3.51. The summed E-state index contributed by atoms with van der Waals surface area (Å²) in [7, 11) is 0. The monoisotopic (exact) mass is 230 g/mol. The third-order valence-corrected chi connectivity index (χ3v) is 3.34. The third-order valence-electron chi connectivity index (χ3n) is 3.34. The van der Waals surface area contributed by atoms with Gasteiger partial charge >= 0.3 is 0 Å². The SMILES string of the molecule is Cc1cc(CNC(C)C)c2[nH]c(C)c(C)c2c1. The first-order chi connectivity index (χ1) is 7.99. The average Bonchev–Trinajstić information content (AvgIpc) is 2.53. The highest BCUT2D eigenvalue weighted by molar-refractivity contribution is 5.87. The number of benzene rings is 1. The fraction of sp³-hybridized carbons (Fsp3) is 0.467. The molecule has 17 heavy (non-hydrogen) atoms. The molecular formula is C15H22N2. The minimum Gasteiger partial charge on any atom is -0.358 e. The molecular weight excluding hydrogens is 208 g/mol. The van der Waals surface area contributed by atoms with Gasteiger partial charge in [0.2, 0.25) is 0 Å². The van der Waals surface area contributed by atoms with Crippen LogP contribution in [0.25, 0.3) is 10.9 Å². The molecule has 2 nitrogen and oxygen atoms in total. The summed E-state index contributed by atoms with van der Waals surface area (Å²) >= 11 is 0. The van der Waals surface area contributed by atoms with E-state index in [9.17, 15) is 0 Å². The summed E-state index contributed by atoms with van der Waals surface area (Å²) in [5.41, 5.74) is 6.63. The van der Waals surface area contributed by atoms with Crippen molar-refractivity contribution in [2.75, 3.05) is 0 Å². The van der Waals surface area contributed by atoms with Gasteiger partial charge in [-0.15, -0.1) is 0 Å². The number of aryl methyl sites for hydroxylation is 3. The molecule has 0 amide bonds. The van der Waals surface area contributed by atoms with E-state index in [2.05, 4.69) is 57.1 Å². The molecule has 1 aromatic carbocycles. The summed E-state index contributed by atoms with van der Waals surface area (Å²) in [6.45, 7) is 11.8. The zero-order valence-corrected chi connectivity index (χ0v) is 11.4. The van der Waals surface area contributed by atoms with Gasteiger partial charge in [0.05, 0.1) is 5.52 Å². The zero-order valence-electron chi connectivity index (χ0n) is 11.4. The van der Waals surface area contributed by atoms with Gasteiger partial charge in [-0.05, 0) is 38.0 Å². The lowest BCUT2D eigenvalue weighted by Crippen LogP contribution is -2.22. The van der Waals surface area contributed by atoms with E-state index < -0.39 is 0 Å². The topological polar surface area (TPSA) is 27.8 Å². The molecule has 92 valence electrons. The molecule has 2 heteroatoms. The first-order valence-corrected chi connectivity index (χ1v) is 6.31. The van der Waals surface area contributed by atoms with E-state index in [1.807, 2.05) is 0 Å². The highest BCUT2D eigenvalue weighted by Gasteiger charge is 2.09. The molecule has 0 aliphatic rings. The second-order valence-electron chi connectivity index (χ2n) is 5.26. The normalized spacial score (nSPS) is 11.6. The molecule has 0 atom stereocenters. The molecule has 0 aliphatic heterocycles. The molecule has 0 aliphatic carbocycles. The van der Waals surface area contributed by atoms with Gasteiger partial charge in [0, 0.05) is 23.7 Å². The summed E-state index contributed by atoms with van der Waals surface area (Å²) in [4.78, 5) is 3.51. The van der Waals surface area contributed by atoms with Gasteiger partial charge in [-0.3, -0.25) is 0 Å². The van der Waals surface area contributed by atoms with Gasteiger partial charge in [0.25, 0.3) is 0 Å².